The molecule has 0 unspecified atom stereocenters. The van der Waals surface area contributed by atoms with Crippen LogP contribution >= 0.6 is 23.1 Å². The Morgan fingerprint density at radius 2 is 1.87 bits per heavy atom. The van der Waals surface area contributed by atoms with Gasteiger partial charge in [0.15, 0.2) is 0 Å². The molecule has 2 aromatic carbocycles. The molecular weight excluding hydrogens is 424 g/mol. The molecule has 2 heterocycles. The largest absolute Gasteiger partial charge is 0.497 e. The first-order valence-electron chi connectivity index (χ1n) is 10.6. The number of rotatable bonds is 9. The maximum absolute atomic E-state index is 13.1. The minimum absolute atomic E-state index is 0.00742. The zero-order valence-corrected chi connectivity index (χ0v) is 19.4. The molecule has 162 valence electrons. The first-order chi connectivity index (χ1) is 15.2. The van der Waals surface area contributed by atoms with E-state index in [1.165, 1.54) is 23.3 Å². The van der Waals surface area contributed by atoms with Gasteiger partial charge in [-0.1, -0.05) is 30.3 Å². The van der Waals surface area contributed by atoms with Crippen LogP contribution in [0.3, 0.4) is 0 Å². The van der Waals surface area contributed by atoms with E-state index in [9.17, 15) is 4.79 Å². The van der Waals surface area contributed by atoms with Crippen molar-refractivity contribution >= 4 is 29.0 Å². The molecule has 0 radical (unpaired) electrons. The summed E-state index contributed by atoms with van der Waals surface area (Å²) in [6.45, 7) is 2.73. The normalized spacial score (nSPS) is 15.0. The lowest BCUT2D eigenvalue weighted by Crippen LogP contribution is -2.37. The minimum Gasteiger partial charge on any atom is -0.497 e. The molecule has 1 aliphatic heterocycles. The summed E-state index contributed by atoms with van der Waals surface area (Å²) in [5, 5.41) is 5.30. The lowest BCUT2D eigenvalue weighted by Gasteiger charge is -2.28. The maximum Gasteiger partial charge on any atom is 0.252 e. The van der Waals surface area contributed by atoms with Gasteiger partial charge in [0, 0.05) is 22.1 Å². The third kappa shape index (κ3) is 5.70. The van der Waals surface area contributed by atoms with Gasteiger partial charge >= 0.3 is 0 Å². The Hall–Kier alpha value is -2.28. The number of thioether (sulfide) groups is 1. The van der Waals surface area contributed by atoms with Gasteiger partial charge in [-0.15, -0.1) is 23.1 Å². The summed E-state index contributed by atoms with van der Waals surface area (Å²) in [5.74, 6) is 1.72. The summed E-state index contributed by atoms with van der Waals surface area (Å²) < 4.78 is 5.31. The lowest BCUT2D eigenvalue weighted by molar-refractivity contribution is 0.0935. The Bertz CT molecular complexity index is 967. The predicted molar refractivity (Wildman–Crippen MR) is 129 cm³/mol. The molecule has 0 bridgehead atoms. The number of likely N-dealkylation sites (tertiary alicyclic amines) is 1. The molecule has 1 N–H and O–H groups in total. The lowest BCUT2D eigenvalue weighted by atomic mass is 10.0. The summed E-state index contributed by atoms with van der Waals surface area (Å²) in [7, 11) is 1.68. The van der Waals surface area contributed by atoms with Crippen LogP contribution in [0.1, 0.15) is 39.7 Å². The van der Waals surface area contributed by atoms with E-state index in [0.29, 0.717) is 6.54 Å². The first-order valence-corrected chi connectivity index (χ1v) is 12.5. The fourth-order valence-electron chi connectivity index (χ4n) is 3.95. The maximum atomic E-state index is 13.1. The predicted octanol–water partition coefficient (Wildman–Crippen LogP) is 5.62. The monoisotopic (exact) mass is 452 g/mol. The van der Waals surface area contributed by atoms with Crippen molar-refractivity contribution in [3.8, 4) is 5.75 Å². The van der Waals surface area contributed by atoms with Gasteiger partial charge in [0.1, 0.15) is 5.75 Å². The highest BCUT2D eigenvalue weighted by Crippen LogP contribution is 2.29. The summed E-state index contributed by atoms with van der Waals surface area (Å²) in [4.78, 5) is 17.9. The van der Waals surface area contributed by atoms with Crippen molar-refractivity contribution in [1.82, 2.24) is 10.2 Å². The average molecular weight is 453 g/mol. The van der Waals surface area contributed by atoms with Gasteiger partial charge in [0.25, 0.3) is 5.91 Å². The molecule has 0 spiro atoms. The van der Waals surface area contributed by atoms with E-state index >= 15 is 0 Å². The van der Waals surface area contributed by atoms with Crippen molar-refractivity contribution < 1.29 is 9.53 Å². The number of nitrogens with one attached hydrogen (secondary N) is 1. The first kappa shape index (κ1) is 21.9. The Morgan fingerprint density at radius 1 is 1.10 bits per heavy atom. The molecule has 31 heavy (non-hydrogen) atoms. The minimum atomic E-state index is -0.00742. The Kier molecular flexibility index (Phi) is 7.67. The van der Waals surface area contributed by atoms with Crippen LogP contribution < -0.4 is 10.1 Å². The molecular formula is C25H28N2O2S2. The second kappa shape index (κ2) is 10.8. The van der Waals surface area contributed by atoms with Crippen molar-refractivity contribution in [3.63, 3.8) is 0 Å². The topological polar surface area (TPSA) is 41.6 Å². The van der Waals surface area contributed by atoms with E-state index in [4.69, 9.17) is 4.74 Å². The van der Waals surface area contributed by atoms with Crippen LogP contribution in [-0.4, -0.2) is 37.6 Å². The van der Waals surface area contributed by atoms with E-state index in [1.807, 2.05) is 36.4 Å². The fourth-order valence-corrected chi connectivity index (χ4v) is 5.77. The van der Waals surface area contributed by atoms with Crippen LogP contribution in [0, 0.1) is 0 Å². The second-order valence-corrected chi connectivity index (χ2v) is 9.66. The number of hydrogen-bond acceptors (Lipinski definition) is 5. The Labute approximate surface area is 192 Å². The summed E-state index contributed by atoms with van der Waals surface area (Å²) in [6, 6.07) is 20.5. The van der Waals surface area contributed by atoms with Gasteiger partial charge in [-0.3, -0.25) is 9.69 Å². The standard InChI is InChI=1S/C25H28N2O2S2/c1-29-20-12-10-19(11-13-20)23(27-14-4-5-15-27)17-26-25(28)22-8-2-3-9-24(22)31-18-21-7-6-16-30-21/h2-3,6-13,16,23H,4-5,14-15,17-18H2,1H3,(H,26,28)/t23-/m0/s1. The fraction of sp³-hybridized carbons (Fsp3) is 0.320. The summed E-state index contributed by atoms with van der Waals surface area (Å²) >= 11 is 3.47. The van der Waals surface area contributed by atoms with E-state index in [0.717, 1.165) is 35.1 Å². The summed E-state index contributed by atoms with van der Waals surface area (Å²) in [5.41, 5.74) is 1.96. The van der Waals surface area contributed by atoms with Crippen LogP contribution in [0.2, 0.25) is 0 Å². The zero-order valence-electron chi connectivity index (χ0n) is 17.8. The van der Waals surface area contributed by atoms with Crippen LogP contribution in [0.15, 0.2) is 70.9 Å². The Balaban J connectivity index is 1.45. The summed E-state index contributed by atoms with van der Waals surface area (Å²) in [6.07, 6.45) is 2.42. The molecule has 1 saturated heterocycles. The van der Waals surface area contributed by atoms with Gasteiger partial charge < -0.3 is 10.1 Å². The highest BCUT2D eigenvalue weighted by molar-refractivity contribution is 7.98. The number of methoxy groups -OCH3 is 1. The number of benzene rings is 2. The van der Waals surface area contributed by atoms with E-state index in [2.05, 4.69) is 39.9 Å². The number of carbonyl (C=O) groups is 1. The zero-order chi connectivity index (χ0) is 21.5. The third-order valence-corrected chi connectivity index (χ3v) is 7.80. The molecule has 0 aliphatic carbocycles. The molecule has 1 amide bonds. The second-order valence-electron chi connectivity index (χ2n) is 7.61. The van der Waals surface area contributed by atoms with E-state index in [-0.39, 0.29) is 11.9 Å². The van der Waals surface area contributed by atoms with E-state index < -0.39 is 0 Å². The number of nitrogens with zero attached hydrogens (tertiary/aromatic N) is 1. The SMILES string of the molecule is COc1ccc([C@H](CNC(=O)c2ccccc2SCc2cccs2)N2CCCC2)cc1. The quantitative estimate of drug-likeness (QED) is 0.428. The van der Waals surface area contributed by atoms with Crippen molar-refractivity contribution in [1.29, 1.82) is 0 Å². The molecule has 1 aromatic heterocycles. The van der Waals surface area contributed by atoms with Crippen molar-refractivity contribution in [3.05, 3.63) is 82.0 Å². The highest BCUT2D eigenvalue weighted by Gasteiger charge is 2.24. The molecule has 1 aliphatic rings. The van der Waals surface area contributed by atoms with Crippen molar-refractivity contribution in [2.24, 2.45) is 0 Å². The van der Waals surface area contributed by atoms with Crippen molar-refractivity contribution in [2.75, 3.05) is 26.7 Å². The molecule has 4 nitrogen and oxygen atoms in total. The van der Waals surface area contributed by atoms with Crippen molar-refractivity contribution in [2.45, 2.75) is 29.5 Å². The number of hydrogen-bond donors (Lipinski definition) is 1. The van der Waals surface area contributed by atoms with Crippen LogP contribution in [-0.2, 0) is 5.75 Å². The van der Waals surface area contributed by atoms with Crippen LogP contribution in [0.25, 0.3) is 0 Å². The molecule has 1 fully saturated rings. The van der Waals surface area contributed by atoms with Gasteiger partial charge in [-0.25, -0.2) is 0 Å². The molecule has 1 atom stereocenters. The van der Waals surface area contributed by atoms with Gasteiger partial charge in [0.05, 0.1) is 18.7 Å². The van der Waals surface area contributed by atoms with Gasteiger partial charge in [-0.05, 0) is 67.2 Å². The Morgan fingerprint density at radius 3 is 2.58 bits per heavy atom. The molecule has 4 rings (SSSR count). The number of carbonyl (C=O) groups excluding carboxylic acids is 1. The molecule has 3 aromatic rings. The van der Waals surface area contributed by atoms with Gasteiger partial charge in [0.2, 0.25) is 0 Å². The smallest absolute Gasteiger partial charge is 0.252 e. The van der Waals surface area contributed by atoms with Gasteiger partial charge in [-0.2, -0.15) is 0 Å². The highest BCUT2D eigenvalue weighted by atomic mass is 32.2. The number of ether oxygens (including phenoxy) is 1. The molecule has 0 saturated carbocycles. The van der Waals surface area contributed by atoms with E-state index in [1.54, 1.807) is 30.2 Å². The third-order valence-electron chi connectivity index (χ3n) is 5.62. The van der Waals surface area contributed by atoms with Crippen LogP contribution in [0.4, 0.5) is 0 Å². The number of thiophene rings is 1. The number of amides is 1. The molecule has 6 heteroatoms. The average Bonchev–Trinajstić information content (AvgIpc) is 3.53. The van der Waals surface area contributed by atoms with Crippen LogP contribution in [0.5, 0.6) is 5.75 Å².